The lowest BCUT2D eigenvalue weighted by Gasteiger charge is -2.13. The minimum Gasteiger partial charge on any atom is -0.336 e. The lowest BCUT2D eigenvalue weighted by molar-refractivity contribution is -0.140. The van der Waals surface area contributed by atoms with Crippen molar-refractivity contribution in [1.82, 2.24) is 4.90 Å². The lowest BCUT2D eigenvalue weighted by atomic mass is 10.3. The number of nitrogens with zero attached hydrogens (tertiary/aromatic N) is 1. The molecule has 0 saturated carbocycles. The third-order valence-corrected chi connectivity index (χ3v) is 2.86. The second-order valence-electron chi connectivity index (χ2n) is 3.17. The van der Waals surface area contributed by atoms with Crippen LogP contribution in [0.15, 0.2) is 0 Å². The van der Waals surface area contributed by atoms with Crippen LogP contribution < -0.4 is 0 Å². The summed E-state index contributed by atoms with van der Waals surface area (Å²) in [7, 11) is 0. The van der Waals surface area contributed by atoms with E-state index in [1.54, 1.807) is 4.90 Å². The molecule has 0 atom stereocenters. The normalized spacial score (nSPS) is 17.2. The van der Waals surface area contributed by atoms with Gasteiger partial charge in [0.25, 0.3) is 5.91 Å². The molecule has 0 unspecified atom stereocenters. The average molecular weight is 201 g/mol. The zero-order valence-corrected chi connectivity index (χ0v) is 8.73. The number of carbonyl (C=O) groups excluding carboxylic acids is 2. The van der Waals surface area contributed by atoms with Crippen LogP contribution in [0.3, 0.4) is 0 Å². The van der Waals surface area contributed by atoms with E-state index in [4.69, 9.17) is 0 Å². The molecule has 1 heterocycles. The van der Waals surface area contributed by atoms with Crippen molar-refractivity contribution in [3.05, 3.63) is 0 Å². The van der Waals surface area contributed by atoms with Gasteiger partial charge < -0.3 is 4.90 Å². The number of hydrogen-bond donors (Lipinski definition) is 0. The molecule has 1 aliphatic heterocycles. The lowest BCUT2D eigenvalue weighted by Crippen LogP contribution is -2.28. The molecule has 0 radical (unpaired) electrons. The van der Waals surface area contributed by atoms with Gasteiger partial charge in [-0.3, -0.25) is 9.59 Å². The molecule has 1 amide bonds. The quantitative estimate of drug-likeness (QED) is 0.490. The summed E-state index contributed by atoms with van der Waals surface area (Å²) in [5.41, 5.74) is 0. The largest absolute Gasteiger partial charge is 0.336 e. The fourth-order valence-corrected chi connectivity index (χ4v) is 1.88. The zero-order valence-electron chi connectivity index (χ0n) is 7.91. The van der Waals surface area contributed by atoms with Gasteiger partial charge in [0.2, 0.25) is 5.78 Å². The fourth-order valence-electron chi connectivity index (χ4n) is 1.38. The van der Waals surface area contributed by atoms with E-state index >= 15 is 0 Å². The van der Waals surface area contributed by atoms with Crippen LogP contribution in [0.1, 0.15) is 19.3 Å². The first kappa shape index (κ1) is 10.6. The molecule has 1 aliphatic rings. The van der Waals surface area contributed by atoms with Gasteiger partial charge in [-0.1, -0.05) is 0 Å². The number of likely N-dealkylation sites (tertiary alicyclic amines) is 1. The second-order valence-corrected chi connectivity index (χ2v) is 4.15. The molecule has 74 valence electrons. The highest BCUT2D eigenvalue weighted by atomic mass is 32.2. The highest BCUT2D eigenvalue weighted by Crippen LogP contribution is 2.08. The number of thioether (sulfide) groups is 1. The van der Waals surface area contributed by atoms with E-state index in [0.29, 0.717) is 13.0 Å². The Morgan fingerprint density at radius 2 is 2.15 bits per heavy atom. The Kier molecular flexibility index (Phi) is 4.28. The molecule has 1 saturated heterocycles. The van der Waals surface area contributed by atoms with Gasteiger partial charge in [0.1, 0.15) is 0 Å². The van der Waals surface area contributed by atoms with E-state index in [2.05, 4.69) is 6.26 Å². The van der Waals surface area contributed by atoms with E-state index in [-0.39, 0.29) is 11.7 Å². The Bertz CT molecular complexity index is 206. The van der Waals surface area contributed by atoms with Gasteiger partial charge in [-0.2, -0.15) is 11.8 Å². The first-order valence-electron chi connectivity index (χ1n) is 4.56. The van der Waals surface area contributed by atoms with Crippen LogP contribution >= 0.6 is 11.8 Å². The molecule has 0 aromatic carbocycles. The highest BCUT2D eigenvalue weighted by molar-refractivity contribution is 7.98. The van der Waals surface area contributed by atoms with Crippen LogP contribution in [0.25, 0.3) is 0 Å². The predicted octanol–water partition coefficient (Wildman–Crippen LogP) is 0.931. The summed E-state index contributed by atoms with van der Waals surface area (Å²) in [4.78, 5) is 23.7. The fraction of sp³-hybridized carbons (Fsp3) is 0.778. The number of hydrogen-bond acceptors (Lipinski definition) is 3. The standard InChI is InChI=1S/C9H15NO2S/c1-13-7-3-2-5-10-6-4-8(11)9(10)12/h2-7H2,1H3. The monoisotopic (exact) mass is 201 g/mol. The molecule has 0 bridgehead atoms. The van der Waals surface area contributed by atoms with Crippen molar-refractivity contribution < 1.29 is 9.59 Å². The maximum Gasteiger partial charge on any atom is 0.290 e. The third kappa shape index (κ3) is 3.03. The van der Waals surface area contributed by atoms with E-state index < -0.39 is 0 Å². The van der Waals surface area contributed by atoms with E-state index in [0.717, 1.165) is 25.1 Å². The maximum atomic E-state index is 11.1. The number of amides is 1. The molecule has 0 aromatic heterocycles. The Balaban J connectivity index is 2.15. The molecule has 0 spiro atoms. The minimum atomic E-state index is -0.274. The summed E-state index contributed by atoms with van der Waals surface area (Å²) in [6.07, 6.45) is 4.63. The van der Waals surface area contributed by atoms with Crippen LogP contribution in [0.4, 0.5) is 0 Å². The van der Waals surface area contributed by atoms with Crippen molar-refractivity contribution in [1.29, 1.82) is 0 Å². The highest BCUT2D eigenvalue weighted by Gasteiger charge is 2.28. The van der Waals surface area contributed by atoms with Crippen LogP contribution in [0.2, 0.25) is 0 Å². The molecular weight excluding hydrogens is 186 g/mol. The van der Waals surface area contributed by atoms with Crippen LogP contribution in [0, 0.1) is 0 Å². The number of unbranched alkanes of at least 4 members (excludes halogenated alkanes) is 1. The number of Topliss-reactive ketones (excluding diaryl/α,β-unsaturated/α-hetero) is 1. The van der Waals surface area contributed by atoms with Gasteiger partial charge in [-0.25, -0.2) is 0 Å². The summed E-state index contributed by atoms with van der Waals surface area (Å²) in [6, 6.07) is 0. The van der Waals surface area contributed by atoms with Gasteiger partial charge >= 0.3 is 0 Å². The summed E-state index contributed by atoms with van der Waals surface area (Å²) in [5, 5.41) is 0. The Labute approximate surface area is 82.9 Å². The van der Waals surface area contributed by atoms with E-state index in [1.807, 2.05) is 11.8 Å². The van der Waals surface area contributed by atoms with Crippen molar-refractivity contribution >= 4 is 23.5 Å². The predicted molar refractivity (Wildman–Crippen MR) is 53.8 cm³/mol. The summed E-state index contributed by atoms with van der Waals surface area (Å²) in [6.45, 7) is 1.39. The van der Waals surface area contributed by atoms with Gasteiger partial charge in [0.05, 0.1) is 0 Å². The Morgan fingerprint density at radius 3 is 2.69 bits per heavy atom. The average Bonchev–Trinajstić information content (AvgIpc) is 2.43. The Hall–Kier alpha value is -0.510. The SMILES string of the molecule is CSCCCCN1CCC(=O)C1=O. The zero-order chi connectivity index (χ0) is 9.68. The van der Waals surface area contributed by atoms with Gasteiger partial charge in [-0.05, 0) is 24.9 Å². The van der Waals surface area contributed by atoms with Gasteiger partial charge in [-0.15, -0.1) is 0 Å². The second kappa shape index (κ2) is 5.27. The van der Waals surface area contributed by atoms with Crippen molar-refractivity contribution in [2.24, 2.45) is 0 Å². The van der Waals surface area contributed by atoms with Crippen LogP contribution in [-0.2, 0) is 9.59 Å². The molecule has 0 N–H and O–H groups in total. The number of ketones is 1. The smallest absolute Gasteiger partial charge is 0.290 e. The molecule has 3 nitrogen and oxygen atoms in total. The summed E-state index contributed by atoms with van der Waals surface area (Å²) in [5.74, 6) is 0.643. The van der Waals surface area contributed by atoms with E-state index in [1.165, 1.54) is 0 Å². The topological polar surface area (TPSA) is 37.4 Å². The number of rotatable bonds is 5. The first-order chi connectivity index (χ1) is 6.25. The van der Waals surface area contributed by atoms with E-state index in [9.17, 15) is 9.59 Å². The molecule has 0 aromatic rings. The molecular formula is C9H15NO2S. The van der Waals surface area contributed by atoms with Crippen LogP contribution in [-0.4, -0.2) is 41.7 Å². The summed E-state index contributed by atoms with van der Waals surface area (Å²) >= 11 is 1.82. The molecule has 1 rings (SSSR count). The van der Waals surface area contributed by atoms with Gasteiger partial charge in [0, 0.05) is 19.5 Å². The molecule has 13 heavy (non-hydrogen) atoms. The third-order valence-electron chi connectivity index (χ3n) is 2.16. The van der Waals surface area contributed by atoms with Crippen molar-refractivity contribution in [3.63, 3.8) is 0 Å². The molecule has 4 heteroatoms. The first-order valence-corrected chi connectivity index (χ1v) is 5.96. The van der Waals surface area contributed by atoms with Crippen molar-refractivity contribution in [2.75, 3.05) is 25.1 Å². The maximum absolute atomic E-state index is 11.1. The van der Waals surface area contributed by atoms with Gasteiger partial charge in [0.15, 0.2) is 0 Å². The van der Waals surface area contributed by atoms with Crippen molar-refractivity contribution in [3.8, 4) is 0 Å². The Morgan fingerprint density at radius 1 is 1.38 bits per heavy atom. The van der Waals surface area contributed by atoms with Crippen LogP contribution in [0.5, 0.6) is 0 Å². The molecule has 1 fully saturated rings. The van der Waals surface area contributed by atoms with Crippen molar-refractivity contribution in [2.45, 2.75) is 19.3 Å². The number of carbonyl (C=O) groups is 2. The summed E-state index contributed by atoms with van der Waals surface area (Å²) < 4.78 is 0. The minimum absolute atomic E-state index is 0.218. The molecule has 0 aliphatic carbocycles.